The van der Waals surface area contributed by atoms with Crippen LogP contribution in [0.25, 0.3) is 0 Å². The first kappa shape index (κ1) is 9.39. The molecule has 5 nitrogen and oxygen atoms in total. The van der Waals surface area contributed by atoms with E-state index in [4.69, 9.17) is 9.88 Å². The molecule has 0 amide bonds. The van der Waals surface area contributed by atoms with Gasteiger partial charge in [-0.2, -0.15) is 13.1 Å². The first-order valence-electron chi connectivity index (χ1n) is 4.48. The lowest BCUT2D eigenvalue weighted by Crippen LogP contribution is -2.44. The molecule has 2 atom stereocenters. The second-order valence-corrected chi connectivity index (χ2v) is 5.06. The minimum absolute atomic E-state index is 0.0540. The van der Waals surface area contributed by atoms with Gasteiger partial charge in [0.1, 0.15) is 0 Å². The molecule has 76 valence electrons. The monoisotopic (exact) mass is 206 g/mol. The Bertz CT molecular complexity index is 286. The maximum absolute atomic E-state index is 10.8. The van der Waals surface area contributed by atoms with Crippen LogP contribution in [-0.4, -0.2) is 27.2 Å². The van der Waals surface area contributed by atoms with Crippen LogP contribution in [0.3, 0.4) is 0 Å². The summed E-state index contributed by atoms with van der Waals surface area (Å²) in [6, 6.07) is -0.109. The smallest absolute Gasteiger partial charge is 0.274 e. The van der Waals surface area contributed by atoms with Gasteiger partial charge in [0.15, 0.2) is 0 Å². The van der Waals surface area contributed by atoms with Crippen molar-refractivity contribution in [2.45, 2.75) is 31.4 Å². The predicted molar refractivity (Wildman–Crippen MR) is 47.1 cm³/mol. The van der Waals surface area contributed by atoms with Gasteiger partial charge in [-0.25, -0.2) is 5.14 Å². The highest BCUT2D eigenvalue weighted by Gasteiger charge is 2.41. The summed E-state index contributed by atoms with van der Waals surface area (Å²) in [6.45, 7) is 0.633. The molecule has 1 aliphatic carbocycles. The highest BCUT2D eigenvalue weighted by molar-refractivity contribution is 7.87. The van der Waals surface area contributed by atoms with Crippen molar-refractivity contribution in [3.8, 4) is 0 Å². The molecular formula is C7H14N2O3S. The third-order valence-electron chi connectivity index (χ3n) is 2.54. The lowest BCUT2D eigenvalue weighted by atomic mass is 10.1. The number of nitrogens with two attached hydrogens (primary N) is 1. The van der Waals surface area contributed by atoms with Crippen molar-refractivity contribution in [1.29, 1.82) is 0 Å². The van der Waals surface area contributed by atoms with Gasteiger partial charge in [0.2, 0.25) is 0 Å². The van der Waals surface area contributed by atoms with E-state index in [1.54, 1.807) is 0 Å². The number of rotatable bonds is 3. The van der Waals surface area contributed by atoms with E-state index in [0.717, 1.165) is 19.3 Å². The van der Waals surface area contributed by atoms with Crippen LogP contribution >= 0.6 is 0 Å². The van der Waals surface area contributed by atoms with E-state index in [1.807, 2.05) is 0 Å². The zero-order valence-electron chi connectivity index (χ0n) is 7.27. The maximum Gasteiger partial charge on any atom is 0.274 e. The molecule has 0 aromatic carbocycles. The number of hydrogen-bond acceptors (Lipinski definition) is 3. The Hall–Kier alpha value is -0.170. The number of nitrogens with one attached hydrogen (secondary N) is 1. The molecule has 1 saturated carbocycles. The summed E-state index contributed by atoms with van der Waals surface area (Å²) in [6.07, 6.45) is 3.08. The van der Waals surface area contributed by atoms with Crippen LogP contribution in [0, 0.1) is 5.92 Å². The van der Waals surface area contributed by atoms with Crippen LogP contribution in [0.5, 0.6) is 0 Å². The number of ether oxygens (including phenoxy) is 1. The quantitative estimate of drug-likeness (QED) is 0.643. The molecule has 1 aliphatic heterocycles. The average Bonchev–Trinajstić information content (AvgIpc) is 2.72. The molecule has 0 aromatic rings. The second kappa shape index (κ2) is 3.20. The summed E-state index contributed by atoms with van der Waals surface area (Å²) >= 11 is 0. The molecule has 0 aromatic heterocycles. The molecule has 3 N–H and O–H groups in total. The minimum Gasteiger partial charge on any atom is -0.376 e. The van der Waals surface area contributed by atoms with E-state index in [1.165, 1.54) is 0 Å². The fourth-order valence-corrected chi connectivity index (χ4v) is 2.51. The van der Waals surface area contributed by atoms with Gasteiger partial charge >= 0.3 is 0 Å². The summed E-state index contributed by atoms with van der Waals surface area (Å²) < 4.78 is 29.4. The normalized spacial score (nSPS) is 35.2. The number of hydrogen-bond donors (Lipinski definition) is 2. The van der Waals surface area contributed by atoms with Crippen LogP contribution < -0.4 is 9.86 Å². The van der Waals surface area contributed by atoms with Gasteiger partial charge in [0, 0.05) is 6.61 Å². The molecule has 1 heterocycles. The Balaban J connectivity index is 1.97. The summed E-state index contributed by atoms with van der Waals surface area (Å²) in [7, 11) is -3.58. The molecule has 6 heteroatoms. The molecule has 2 fully saturated rings. The van der Waals surface area contributed by atoms with Gasteiger partial charge < -0.3 is 4.74 Å². The largest absolute Gasteiger partial charge is 0.376 e. The van der Waals surface area contributed by atoms with Crippen LogP contribution in [0.1, 0.15) is 19.3 Å². The van der Waals surface area contributed by atoms with Crippen LogP contribution in [0.15, 0.2) is 0 Å². The van der Waals surface area contributed by atoms with Gasteiger partial charge in [-0.1, -0.05) is 0 Å². The van der Waals surface area contributed by atoms with Crippen molar-refractivity contribution < 1.29 is 13.2 Å². The third-order valence-corrected chi connectivity index (χ3v) is 3.17. The Morgan fingerprint density at radius 3 is 2.54 bits per heavy atom. The Morgan fingerprint density at radius 1 is 1.31 bits per heavy atom. The summed E-state index contributed by atoms with van der Waals surface area (Å²) in [5.41, 5.74) is 0. The standard InChI is InChI=1S/C7H14N2O3S/c8-13(10,11)9-6-3-4-12-7(6)5-1-2-5/h5-7,9H,1-4H2,(H2,8,10,11). The van der Waals surface area contributed by atoms with Crippen molar-refractivity contribution in [2.75, 3.05) is 6.61 Å². The highest BCUT2D eigenvalue weighted by Crippen LogP contribution is 2.38. The highest BCUT2D eigenvalue weighted by atomic mass is 32.2. The Labute approximate surface area is 77.8 Å². The van der Waals surface area contributed by atoms with Crippen molar-refractivity contribution in [3.63, 3.8) is 0 Å². The zero-order valence-corrected chi connectivity index (χ0v) is 8.09. The fourth-order valence-electron chi connectivity index (χ4n) is 1.84. The third kappa shape index (κ3) is 2.40. The predicted octanol–water partition coefficient (Wildman–Crippen LogP) is -0.653. The van der Waals surface area contributed by atoms with E-state index in [9.17, 15) is 8.42 Å². The van der Waals surface area contributed by atoms with Crippen molar-refractivity contribution >= 4 is 10.2 Å². The second-order valence-electron chi connectivity index (χ2n) is 3.73. The van der Waals surface area contributed by atoms with Gasteiger partial charge in [0.05, 0.1) is 12.1 Å². The molecule has 2 aliphatic rings. The molecule has 0 radical (unpaired) electrons. The lowest BCUT2D eigenvalue weighted by Gasteiger charge is -2.17. The molecule has 0 spiro atoms. The van der Waals surface area contributed by atoms with Gasteiger partial charge in [-0.3, -0.25) is 0 Å². The molecular weight excluding hydrogens is 192 g/mol. The molecule has 2 unspecified atom stereocenters. The average molecular weight is 206 g/mol. The first-order chi connectivity index (χ1) is 6.06. The Morgan fingerprint density at radius 2 is 2.00 bits per heavy atom. The van der Waals surface area contributed by atoms with Gasteiger partial charge in [0.25, 0.3) is 10.2 Å². The van der Waals surface area contributed by atoms with E-state index < -0.39 is 10.2 Å². The Kier molecular flexibility index (Phi) is 2.31. The van der Waals surface area contributed by atoms with Crippen LogP contribution in [0.4, 0.5) is 0 Å². The molecule has 2 rings (SSSR count). The minimum atomic E-state index is -3.58. The SMILES string of the molecule is NS(=O)(=O)NC1CCOC1C1CC1. The molecule has 13 heavy (non-hydrogen) atoms. The van der Waals surface area contributed by atoms with Crippen LogP contribution in [0.2, 0.25) is 0 Å². The van der Waals surface area contributed by atoms with Crippen molar-refractivity contribution in [3.05, 3.63) is 0 Å². The van der Waals surface area contributed by atoms with E-state index in [-0.39, 0.29) is 12.1 Å². The summed E-state index contributed by atoms with van der Waals surface area (Å²) in [5.74, 6) is 0.543. The van der Waals surface area contributed by atoms with Crippen molar-refractivity contribution in [2.24, 2.45) is 11.1 Å². The topological polar surface area (TPSA) is 81.4 Å². The van der Waals surface area contributed by atoms with E-state index >= 15 is 0 Å². The zero-order chi connectivity index (χ0) is 9.47. The van der Waals surface area contributed by atoms with Crippen molar-refractivity contribution in [1.82, 2.24) is 4.72 Å². The van der Waals surface area contributed by atoms with Crippen LogP contribution in [-0.2, 0) is 14.9 Å². The molecule has 0 bridgehead atoms. The fraction of sp³-hybridized carbons (Fsp3) is 1.00. The summed E-state index contributed by atoms with van der Waals surface area (Å²) in [4.78, 5) is 0. The van der Waals surface area contributed by atoms with Gasteiger partial charge in [-0.15, -0.1) is 0 Å². The van der Waals surface area contributed by atoms with E-state index in [0.29, 0.717) is 12.5 Å². The van der Waals surface area contributed by atoms with Gasteiger partial charge in [-0.05, 0) is 25.2 Å². The van der Waals surface area contributed by atoms with E-state index in [2.05, 4.69) is 4.72 Å². The lowest BCUT2D eigenvalue weighted by molar-refractivity contribution is 0.0848. The first-order valence-corrected chi connectivity index (χ1v) is 6.02. The summed E-state index contributed by atoms with van der Waals surface area (Å²) in [5, 5.41) is 4.90. The molecule has 1 saturated heterocycles. The maximum atomic E-state index is 10.8.